The zero-order valence-corrected chi connectivity index (χ0v) is 4.22. The molecule has 0 bridgehead atoms. The molecule has 0 aliphatic heterocycles. The van der Waals surface area contributed by atoms with Crippen LogP contribution in [0.15, 0.2) is 0 Å². The molecule has 0 fully saturated rings. The Morgan fingerprint density at radius 2 is 2.29 bits per heavy atom. The van der Waals surface area contributed by atoms with E-state index in [1.165, 1.54) is 0 Å². The Labute approximate surface area is 42.3 Å². The van der Waals surface area contributed by atoms with Crippen molar-refractivity contribution in [2.24, 2.45) is 0 Å². The molecule has 44 valence electrons. The summed E-state index contributed by atoms with van der Waals surface area (Å²) in [6, 6.07) is 0. The van der Waals surface area contributed by atoms with Gasteiger partial charge in [0.05, 0.1) is 6.10 Å². The van der Waals surface area contributed by atoms with Crippen LogP contribution in [0.4, 0.5) is 0 Å². The van der Waals surface area contributed by atoms with Crippen LogP contribution in [0.25, 0.3) is 0 Å². The molecule has 0 heterocycles. The van der Waals surface area contributed by atoms with Gasteiger partial charge in [0, 0.05) is 6.42 Å². The molecule has 0 saturated heterocycles. The van der Waals surface area contributed by atoms with Crippen molar-refractivity contribution < 1.29 is 15.4 Å². The highest BCUT2D eigenvalue weighted by Crippen LogP contribution is 1.79. The molecule has 0 aromatic carbocycles. The van der Waals surface area contributed by atoms with Crippen LogP contribution in [0.5, 0.6) is 0 Å². The molecule has 1 unspecified atom stereocenters. The molecular weight excluding hydrogens is 96.0 g/mol. The number of hydrogen-bond acceptors (Lipinski definition) is 2. The number of hydrogen-bond donors (Lipinski definition) is 1. The summed E-state index contributed by atoms with van der Waals surface area (Å²) in [7, 11) is 0. The lowest BCUT2D eigenvalue weighted by Gasteiger charge is -1.89. The summed E-state index contributed by atoms with van der Waals surface area (Å²) >= 11 is 0. The second-order valence-electron chi connectivity index (χ2n) is 1.25. The Morgan fingerprint density at radius 1 is 1.86 bits per heavy atom. The summed E-state index contributed by atoms with van der Waals surface area (Å²) < 4.78 is 0. The van der Waals surface area contributed by atoms with E-state index in [1.54, 1.807) is 6.92 Å². The van der Waals surface area contributed by atoms with Gasteiger partial charge in [-0.05, 0) is 6.92 Å². The van der Waals surface area contributed by atoms with E-state index in [1.807, 2.05) is 0 Å². The number of aliphatic hydroxyl groups is 1. The smallest absolute Gasteiger partial charge is 0.122 e. The minimum absolute atomic E-state index is 0. The molecule has 7 heavy (non-hydrogen) atoms. The first-order valence-electron chi connectivity index (χ1n) is 1.89. The lowest BCUT2D eigenvalue weighted by atomic mass is 10.3. The molecule has 3 heteroatoms. The van der Waals surface area contributed by atoms with Gasteiger partial charge in [-0.25, -0.2) is 0 Å². The van der Waals surface area contributed by atoms with Crippen LogP contribution in [0.3, 0.4) is 0 Å². The third-order valence-electron chi connectivity index (χ3n) is 0.437. The molecule has 0 radical (unpaired) electrons. The van der Waals surface area contributed by atoms with E-state index in [2.05, 4.69) is 0 Å². The van der Waals surface area contributed by atoms with Crippen LogP contribution in [0.1, 0.15) is 13.3 Å². The Morgan fingerprint density at radius 3 is 2.29 bits per heavy atom. The van der Waals surface area contributed by atoms with Gasteiger partial charge in [-0.3, -0.25) is 0 Å². The van der Waals surface area contributed by atoms with E-state index in [-0.39, 0.29) is 11.9 Å². The second-order valence-corrected chi connectivity index (χ2v) is 1.25. The van der Waals surface area contributed by atoms with Gasteiger partial charge in [0.25, 0.3) is 0 Å². The fraction of sp³-hybridized carbons (Fsp3) is 0.750. The summed E-state index contributed by atoms with van der Waals surface area (Å²) in [6.45, 7) is 1.58. The highest BCUT2D eigenvalue weighted by molar-refractivity contribution is 5.49. The normalized spacial score (nSPS) is 11.7. The molecule has 0 saturated carbocycles. The van der Waals surface area contributed by atoms with Crippen molar-refractivity contribution in [2.45, 2.75) is 19.4 Å². The minimum atomic E-state index is -0.470. The van der Waals surface area contributed by atoms with Crippen LogP contribution in [-0.4, -0.2) is 23.0 Å². The van der Waals surface area contributed by atoms with Crippen molar-refractivity contribution in [1.29, 1.82) is 0 Å². The van der Waals surface area contributed by atoms with Crippen molar-refractivity contribution >= 4 is 6.29 Å². The molecular formula is C4H10O3. The van der Waals surface area contributed by atoms with Crippen LogP contribution in [-0.2, 0) is 4.79 Å². The molecule has 0 spiro atoms. The van der Waals surface area contributed by atoms with E-state index in [0.717, 1.165) is 0 Å². The Kier molecular flexibility index (Phi) is 7.81. The van der Waals surface area contributed by atoms with Crippen molar-refractivity contribution in [3.8, 4) is 0 Å². The van der Waals surface area contributed by atoms with Gasteiger partial charge in [-0.15, -0.1) is 0 Å². The quantitative estimate of drug-likeness (QED) is 0.465. The molecule has 3 nitrogen and oxygen atoms in total. The average Bonchev–Trinajstić information content (AvgIpc) is 1.35. The predicted octanol–water partition coefficient (Wildman–Crippen LogP) is -0.869. The topological polar surface area (TPSA) is 68.8 Å². The average molecular weight is 106 g/mol. The van der Waals surface area contributed by atoms with Gasteiger partial charge in [-0.2, -0.15) is 0 Å². The zero-order chi connectivity index (χ0) is 4.99. The van der Waals surface area contributed by atoms with E-state index < -0.39 is 6.10 Å². The molecule has 0 aliphatic carbocycles. The largest absolute Gasteiger partial charge is 0.412 e. The maximum absolute atomic E-state index is 9.46. The Balaban J connectivity index is 0. The van der Waals surface area contributed by atoms with Gasteiger partial charge in [0.1, 0.15) is 6.29 Å². The highest BCUT2D eigenvalue weighted by Gasteiger charge is 1.87. The molecule has 3 N–H and O–H groups in total. The first kappa shape index (κ1) is 9.77. The summed E-state index contributed by atoms with van der Waals surface area (Å²) in [4.78, 5) is 9.46. The maximum atomic E-state index is 9.46. The van der Waals surface area contributed by atoms with Crippen molar-refractivity contribution in [3.05, 3.63) is 0 Å². The molecule has 1 atom stereocenters. The SMILES string of the molecule is CC(O)CC=O.O. The van der Waals surface area contributed by atoms with Crippen molar-refractivity contribution in [3.63, 3.8) is 0 Å². The number of rotatable bonds is 2. The third kappa shape index (κ3) is 10.7. The monoisotopic (exact) mass is 106 g/mol. The fourth-order valence-corrected chi connectivity index (χ4v) is 0.139. The summed E-state index contributed by atoms with van der Waals surface area (Å²) in [5.74, 6) is 0. The lowest BCUT2D eigenvalue weighted by molar-refractivity contribution is -0.109. The first-order chi connectivity index (χ1) is 2.77. The maximum Gasteiger partial charge on any atom is 0.122 e. The van der Waals surface area contributed by atoms with Gasteiger partial charge in [0.15, 0.2) is 0 Å². The number of aliphatic hydroxyl groups excluding tert-OH is 1. The van der Waals surface area contributed by atoms with E-state index in [4.69, 9.17) is 5.11 Å². The van der Waals surface area contributed by atoms with E-state index in [9.17, 15) is 4.79 Å². The third-order valence-corrected chi connectivity index (χ3v) is 0.437. The molecule has 0 aliphatic rings. The first-order valence-corrected chi connectivity index (χ1v) is 1.89. The van der Waals surface area contributed by atoms with E-state index in [0.29, 0.717) is 6.29 Å². The summed E-state index contributed by atoms with van der Waals surface area (Å²) in [5, 5.41) is 8.32. The molecule has 0 aromatic rings. The zero-order valence-electron chi connectivity index (χ0n) is 4.22. The van der Waals surface area contributed by atoms with Crippen LogP contribution in [0, 0.1) is 0 Å². The Hall–Kier alpha value is -0.410. The van der Waals surface area contributed by atoms with Crippen LogP contribution < -0.4 is 0 Å². The van der Waals surface area contributed by atoms with Gasteiger partial charge in [-0.1, -0.05) is 0 Å². The molecule has 0 rings (SSSR count). The number of aldehydes is 1. The minimum Gasteiger partial charge on any atom is -0.412 e. The standard InChI is InChI=1S/C4H8O2.H2O/c1-4(6)2-3-5;/h3-4,6H,2H2,1H3;1H2. The van der Waals surface area contributed by atoms with E-state index >= 15 is 0 Å². The predicted molar refractivity (Wildman–Crippen MR) is 26.0 cm³/mol. The lowest BCUT2D eigenvalue weighted by Crippen LogP contribution is -1.97. The Bertz CT molecular complexity index is 42.2. The summed E-state index contributed by atoms with van der Waals surface area (Å²) in [5.41, 5.74) is 0. The van der Waals surface area contributed by atoms with Crippen LogP contribution >= 0.6 is 0 Å². The summed E-state index contributed by atoms with van der Waals surface area (Å²) in [6.07, 6.45) is 0.479. The van der Waals surface area contributed by atoms with Gasteiger partial charge < -0.3 is 15.4 Å². The molecule has 0 amide bonds. The number of carbonyl (C=O) groups is 1. The highest BCUT2D eigenvalue weighted by atomic mass is 16.3. The van der Waals surface area contributed by atoms with Gasteiger partial charge in [0.2, 0.25) is 0 Å². The van der Waals surface area contributed by atoms with Crippen molar-refractivity contribution in [2.75, 3.05) is 0 Å². The van der Waals surface area contributed by atoms with Crippen molar-refractivity contribution in [1.82, 2.24) is 0 Å². The van der Waals surface area contributed by atoms with Crippen LogP contribution in [0.2, 0.25) is 0 Å². The number of carbonyl (C=O) groups excluding carboxylic acids is 1. The van der Waals surface area contributed by atoms with Gasteiger partial charge >= 0.3 is 0 Å². The fourth-order valence-electron chi connectivity index (χ4n) is 0.139. The second kappa shape index (κ2) is 5.59. The molecule has 0 aromatic heterocycles.